The lowest BCUT2D eigenvalue weighted by atomic mass is 10.1. The summed E-state index contributed by atoms with van der Waals surface area (Å²) in [7, 11) is 0. The highest BCUT2D eigenvalue weighted by Crippen LogP contribution is 2.22. The number of benzene rings is 1. The lowest BCUT2D eigenvalue weighted by Gasteiger charge is -2.21. The predicted octanol–water partition coefficient (Wildman–Crippen LogP) is 4.58. The van der Waals surface area contributed by atoms with E-state index >= 15 is 0 Å². The van der Waals surface area contributed by atoms with E-state index in [-0.39, 0.29) is 5.54 Å². The molecule has 2 nitrogen and oxygen atoms in total. The van der Waals surface area contributed by atoms with E-state index in [0.717, 1.165) is 19.0 Å². The molecule has 0 fully saturated rings. The minimum atomic E-state index is 0.154. The third kappa shape index (κ3) is 3.63. The van der Waals surface area contributed by atoms with E-state index in [1.54, 1.807) is 0 Å². The smallest absolute Gasteiger partial charge is 0.0483 e. The molecule has 20 heavy (non-hydrogen) atoms. The molecule has 2 rings (SSSR count). The normalized spacial score (nSPS) is 13.8. The number of rotatable bonds is 5. The van der Waals surface area contributed by atoms with Crippen LogP contribution in [-0.2, 0) is 13.1 Å². The Morgan fingerprint density at radius 2 is 1.95 bits per heavy atom. The number of aromatic nitrogens is 1. The summed E-state index contributed by atoms with van der Waals surface area (Å²) < 4.78 is 2.39. The molecule has 1 atom stereocenters. The first-order chi connectivity index (χ1) is 9.40. The van der Waals surface area contributed by atoms with E-state index in [0.29, 0.717) is 0 Å². The molecule has 1 heterocycles. The predicted molar refractivity (Wildman–Crippen MR) is 88.0 cm³/mol. The van der Waals surface area contributed by atoms with Crippen LogP contribution >= 0.6 is 0 Å². The fraction of sp³-hybridized carbons (Fsp3) is 0.556. The second-order valence-electron chi connectivity index (χ2n) is 6.94. The summed E-state index contributed by atoms with van der Waals surface area (Å²) in [4.78, 5) is 0. The molecule has 1 unspecified atom stereocenters. The first kappa shape index (κ1) is 15.1. The second-order valence-corrected chi connectivity index (χ2v) is 6.94. The molecule has 1 N–H and O–H groups in total. The van der Waals surface area contributed by atoms with E-state index < -0.39 is 0 Å². The zero-order valence-corrected chi connectivity index (χ0v) is 13.5. The molecule has 0 radical (unpaired) electrons. The maximum atomic E-state index is 3.58. The summed E-state index contributed by atoms with van der Waals surface area (Å²) in [6, 6.07) is 8.90. The highest BCUT2D eigenvalue weighted by atomic mass is 15.0. The van der Waals surface area contributed by atoms with Gasteiger partial charge in [-0.25, -0.2) is 0 Å². The van der Waals surface area contributed by atoms with Crippen molar-refractivity contribution in [3.05, 3.63) is 36.0 Å². The molecule has 0 spiro atoms. The van der Waals surface area contributed by atoms with Gasteiger partial charge in [0, 0.05) is 35.7 Å². The zero-order chi connectivity index (χ0) is 14.8. The lowest BCUT2D eigenvalue weighted by molar-refractivity contribution is 0.425. The third-order valence-electron chi connectivity index (χ3n) is 3.92. The number of fused-ring (bicyclic) bond motifs is 1. The fourth-order valence-electron chi connectivity index (χ4n) is 2.43. The van der Waals surface area contributed by atoms with Crippen LogP contribution in [0.5, 0.6) is 0 Å². The number of nitrogens with one attached hydrogen (secondary N) is 1. The van der Waals surface area contributed by atoms with Crippen molar-refractivity contribution < 1.29 is 0 Å². The Morgan fingerprint density at radius 1 is 1.20 bits per heavy atom. The van der Waals surface area contributed by atoms with Crippen molar-refractivity contribution in [1.29, 1.82) is 0 Å². The van der Waals surface area contributed by atoms with Gasteiger partial charge in [-0.05, 0) is 44.4 Å². The van der Waals surface area contributed by atoms with Gasteiger partial charge in [0.25, 0.3) is 0 Å². The van der Waals surface area contributed by atoms with Gasteiger partial charge in [-0.15, -0.1) is 0 Å². The molecule has 2 aromatic rings. The lowest BCUT2D eigenvalue weighted by Crippen LogP contribution is -2.35. The Balaban J connectivity index is 2.25. The van der Waals surface area contributed by atoms with Crippen LogP contribution in [0.3, 0.4) is 0 Å². The molecule has 2 heteroatoms. The standard InChI is InChI=1S/C18H28N2/c1-6-14(2)13-20-11-10-16-15(8-7-9-17(16)20)12-19-18(3,4)5/h7-11,14,19H,6,12-13H2,1-5H3. The van der Waals surface area contributed by atoms with Crippen molar-refractivity contribution in [2.45, 2.75) is 59.7 Å². The van der Waals surface area contributed by atoms with Crippen LogP contribution in [0.25, 0.3) is 10.9 Å². The minimum absolute atomic E-state index is 0.154. The number of hydrogen-bond donors (Lipinski definition) is 1. The van der Waals surface area contributed by atoms with Crippen molar-refractivity contribution >= 4 is 10.9 Å². The van der Waals surface area contributed by atoms with Gasteiger partial charge < -0.3 is 9.88 Å². The van der Waals surface area contributed by atoms with E-state index in [9.17, 15) is 0 Å². The molecular formula is C18H28N2. The number of hydrogen-bond acceptors (Lipinski definition) is 1. The first-order valence-corrected chi connectivity index (χ1v) is 7.72. The average molecular weight is 272 g/mol. The van der Waals surface area contributed by atoms with Gasteiger partial charge in [0.05, 0.1) is 0 Å². The summed E-state index contributed by atoms with van der Waals surface area (Å²) in [5.74, 6) is 0.724. The SMILES string of the molecule is CCC(C)Cn1ccc2c(CNC(C)(C)C)cccc21. The summed E-state index contributed by atoms with van der Waals surface area (Å²) in [6.07, 6.45) is 3.46. The highest BCUT2D eigenvalue weighted by Gasteiger charge is 2.11. The third-order valence-corrected chi connectivity index (χ3v) is 3.92. The summed E-state index contributed by atoms with van der Waals surface area (Å²) in [6.45, 7) is 13.2. The van der Waals surface area contributed by atoms with E-state index in [2.05, 4.69) is 75.0 Å². The average Bonchev–Trinajstić information content (AvgIpc) is 2.79. The maximum absolute atomic E-state index is 3.58. The second kappa shape index (κ2) is 6.01. The van der Waals surface area contributed by atoms with Crippen LogP contribution in [0.1, 0.15) is 46.6 Å². The molecule has 1 aromatic heterocycles. The van der Waals surface area contributed by atoms with E-state index in [1.165, 1.54) is 22.9 Å². The summed E-state index contributed by atoms with van der Waals surface area (Å²) in [5.41, 5.74) is 2.90. The van der Waals surface area contributed by atoms with Gasteiger partial charge in [0.15, 0.2) is 0 Å². The molecule has 0 saturated heterocycles. The molecule has 1 aromatic carbocycles. The van der Waals surface area contributed by atoms with Crippen molar-refractivity contribution in [1.82, 2.24) is 9.88 Å². The minimum Gasteiger partial charge on any atom is -0.347 e. The summed E-state index contributed by atoms with van der Waals surface area (Å²) >= 11 is 0. The Kier molecular flexibility index (Phi) is 4.54. The van der Waals surface area contributed by atoms with Gasteiger partial charge in [0.2, 0.25) is 0 Å². The van der Waals surface area contributed by atoms with Gasteiger partial charge in [-0.3, -0.25) is 0 Å². The fourth-order valence-corrected chi connectivity index (χ4v) is 2.43. The van der Waals surface area contributed by atoms with Gasteiger partial charge in [-0.1, -0.05) is 32.4 Å². The van der Waals surface area contributed by atoms with E-state index in [4.69, 9.17) is 0 Å². The zero-order valence-electron chi connectivity index (χ0n) is 13.5. The first-order valence-electron chi connectivity index (χ1n) is 7.72. The van der Waals surface area contributed by atoms with Crippen LogP contribution in [0.15, 0.2) is 30.5 Å². The van der Waals surface area contributed by atoms with Crippen LogP contribution in [0.2, 0.25) is 0 Å². The Morgan fingerprint density at radius 3 is 2.60 bits per heavy atom. The summed E-state index contributed by atoms with van der Waals surface area (Å²) in [5, 5.41) is 4.96. The van der Waals surface area contributed by atoms with Crippen molar-refractivity contribution in [2.75, 3.05) is 0 Å². The van der Waals surface area contributed by atoms with Crippen LogP contribution < -0.4 is 5.32 Å². The van der Waals surface area contributed by atoms with Crippen LogP contribution in [0, 0.1) is 5.92 Å². The van der Waals surface area contributed by atoms with Crippen LogP contribution in [-0.4, -0.2) is 10.1 Å². The quantitative estimate of drug-likeness (QED) is 0.843. The molecule has 0 aliphatic carbocycles. The molecule has 0 saturated carbocycles. The van der Waals surface area contributed by atoms with Crippen LogP contribution in [0.4, 0.5) is 0 Å². The maximum Gasteiger partial charge on any atom is 0.0483 e. The Hall–Kier alpha value is -1.28. The van der Waals surface area contributed by atoms with Gasteiger partial charge in [0.1, 0.15) is 0 Å². The van der Waals surface area contributed by atoms with Crippen molar-refractivity contribution in [3.8, 4) is 0 Å². The van der Waals surface area contributed by atoms with Gasteiger partial charge in [-0.2, -0.15) is 0 Å². The monoisotopic (exact) mass is 272 g/mol. The molecule has 0 aliphatic rings. The molecule has 0 bridgehead atoms. The topological polar surface area (TPSA) is 17.0 Å². The van der Waals surface area contributed by atoms with E-state index in [1.807, 2.05) is 0 Å². The largest absolute Gasteiger partial charge is 0.347 e. The Labute approximate surface area is 123 Å². The Bertz CT molecular complexity index is 560. The number of nitrogens with zero attached hydrogens (tertiary/aromatic N) is 1. The molecular weight excluding hydrogens is 244 g/mol. The van der Waals surface area contributed by atoms with Crippen molar-refractivity contribution in [3.63, 3.8) is 0 Å². The van der Waals surface area contributed by atoms with Gasteiger partial charge >= 0.3 is 0 Å². The van der Waals surface area contributed by atoms with Crippen molar-refractivity contribution in [2.24, 2.45) is 5.92 Å². The molecule has 0 aliphatic heterocycles. The highest BCUT2D eigenvalue weighted by molar-refractivity contribution is 5.83. The molecule has 110 valence electrons. The molecule has 0 amide bonds.